The first-order valence-electron chi connectivity index (χ1n) is 6.57. The molecule has 0 N–H and O–H groups in total. The van der Waals surface area contributed by atoms with Crippen LogP contribution < -0.4 is 0 Å². The zero-order valence-corrected chi connectivity index (χ0v) is 10.9. The van der Waals surface area contributed by atoms with Gasteiger partial charge >= 0.3 is 0 Å². The van der Waals surface area contributed by atoms with Crippen LogP contribution in [0.5, 0.6) is 0 Å². The molecule has 0 spiro atoms. The molecule has 2 atom stereocenters. The van der Waals surface area contributed by atoms with Crippen molar-refractivity contribution in [2.45, 2.75) is 57.7 Å². The van der Waals surface area contributed by atoms with E-state index in [2.05, 4.69) is 36.5 Å². The average molecular weight is 220 g/mol. The fraction of sp³-hybridized carbons (Fsp3) is 0.857. The van der Waals surface area contributed by atoms with Gasteiger partial charge in [0.1, 0.15) is 0 Å². The van der Waals surface area contributed by atoms with Crippen molar-refractivity contribution < 1.29 is 0 Å². The average Bonchev–Trinajstić information content (AvgIpc) is 2.74. The molecule has 2 fully saturated rings. The normalized spacial score (nSPS) is 32.4. The van der Waals surface area contributed by atoms with Crippen LogP contribution in [0.3, 0.4) is 0 Å². The van der Waals surface area contributed by atoms with Crippen molar-refractivity contribution in [2.24, 2.45) is 0 Å². The molecule has 0 amide bonds. The van der Waals surface area contributed by atoms with Crippen molar-refractivity contribution in [2.75, 3.05) is 19.6 Å². The molecule has 0 aliphatic carbocycles. The molecule has 2 saturated heterocycles. The predicted octanol–water partition coefficient (Wildman–Crippen LogP) is 1.96. The molecule has 0 saturated carbocycles. The molecule has 2 aliphatic heterocycles. The van der Waals surface area contributed by atoms with Crippen LogP contribution >= 0.6 is 0 Å². The Labute approximate surface area is 100.0 Å². The van der Waals surface area contributed by atoms with Crippen molar-refractivity contribution in [3.05, 3.63) is 0 Å². The quantitative estimate of drug-likeness (QED) is 0.656. The van der Waals surface area contributed by atoms with E-state index in [1.807, 2.05) is 0 Å². The lowest BCUT2D eigenvalue weighted by atomic mass is 9.95. The molecule has 2 unspecified atom stereocenters. The Morgan fingerprint density at radius 1 is 1.38 bits per heavy atom. The van der Waals surface area contributed by atoms with E-state index in [0.29, 0.717) is 6.04 Å². The number of hydrogen-bond acceptors (Lipinski definition) is 2. The lowest BCUT2D eigenvalue weighted by Gasteiger charge is -2.49. The number of fused-ring (bicyclic) bond motifs is 1. The highest BCUT2D eigenvalue weighted by Crippen LogP contribution is 2.30. The molecule has 0 aromatic heterocycles. The first-order chi connectivity index (χ1) is 7.58. The molecule has 0 bridgehead atoms. The van der Waals surface area contributed by atoms with Crippen LogP contribution in [-0.4, -0.2) is 47.1 Å². The van der Waals surface area contributed by atoms with Crippen molar-refractivity contribution in [3.8, 4) is 12.3 Å². The van der Waals surface area contributed by atoms with E-state index in [1.54, 1.807) is 0 Å². The van der Waals surface area contributed by atoms with Gasteiger partial charge in [0.25, 0.3) is 0 Å². The van der Waals surface area contributed by atoms with E-state index in [1.165, 1.54) is 32.4 Å². The third-order valence-corrected chi connectivity index (χ3v) is 4.34. The van der Waals surface area contributed by atoms with Crippen molar-refractivity contribution in [1.82, 2.24) is 9.80 Å². The Morgan fingerprint density at radius 3 is 2.75 bits per heavy atom. The van der Waals surface area contributed by atoms with Crippen LogP contribution in [0.4, 0.5) is 0 Å². The van der Waals surface area contributed by atoms with Gasteiger partial charge in [-0.3, -0.25) is 9.80 Å². The summed E-state index contributed by atoms with van der Waals surface area (Å²) in [6.07, 6.45) is 9.61. The topological polar surface area (TPSA) is 6.48 Å². The highest BCUT2D eigenvalue weighted by Gasteiger charge is 2.40. The Balaban J connectivity index is 2.14. The maximum atomic E-state index is 5.69. The SMILES string of the molecule is C#CC(C)(C)N1CC2CCCN2CC1CC. The number of nitrogens with zero attached hydrogens (tertiary/aromatic N) is 2. The molecule has 2 nitrogen and oxygen atoms in total. The second-order valence-corrected chi connectivity index (χ2v) is 5.71. The Morgan fingerprint density at radius 2 is 2.12 bits per heavy atom. The lowest BCUT2D eigenvalue weighted by molar-refractivity contribution is 0.00560. The summed E-state index contributed by atoms with van der Waals surface area (Å²) in [4.78, 5) is 5.22. The molecule has 2 heteroatoms. The smallest absolute Gasteiger partial charge is 0.0769 e. The summed E-state index contributed by atoms with van der Waals surface area (Å²) in [5.74, 6) is 2.96. The molecule has 90 valence electrons. The molecule has 2 rings (SSSR count). The molecular weight excluding hydrogens is 196 g/mol. The third-order valence-electron chi connectivity index (χ3n) is 4.34. The van der Waals surface area contributed by atoms with Crippen LogP contribution in [-0.2, 0) is 0 Å². The highest BCUT2D eigenvalue weighted by atomic mass is 15.3. The van der Waals surface area contributed by atoms with Crippen LogP contribution in [0.1, 0.15) is 40.0 Å². The molecule has 16 heavy (non-hydrogen) atoms. The van der Waals surface area contributed by atoms with Crippen LogP contribution in [0.15, 0.2) is 0 Å². The second-order valence-electron chi connectivity index (χ2n) is 5.71. The zero-order chi connectivity index (χ0) is 11.8. The molecule has 2 heterocycles. The lowest BCUT2D eigenvalue weighted by Crippen LogP contribution is -2.61. The van der Waals surface area contributed by atoms with E-state index in [-0.39, 0.29) is 5.54 Å². The number of hydrogen-bond donors (Lipinski definition) is 0. The summed E-state index contributed by atoms with van der Waals surface area (Å²) in [5.41, 5.74) is -0.0879. The van der Waals surface area contributed by atoms with E-state index in [9.17, 15) is 0 Å². The fourth-order valence-electron chi connectivity index (χ4n) is 3.20. The van der Waals surface area contributed by atoms with E-state index in [4.69, 9.17) is 6.42 Å². The van der Waals surface area contributed by atoms with Gasteiger partial charge in [0, 0.05) is 25.2 Å². The molecule has 0 radical (unpaired) electrons. The number of terminal acetylenes is 1. The summed E-state index contributed by atoms with van der Waals surface area (Å²) in [6, 6.07) is 1.40. The third kappa shape index (κ3) is 1.99. The van der Waals surface area contributed by atoms with Gasteiger partial charge in [-0.2, -0.15) is 0 Å². The Hall–Kier alpha value is -0.520. The molecule has 2 aliphatic rings. The van der Waals surface area contributed by atoms with Crippen molar-refractivity contribution in [3.63, 3.8) is 0 Å². The molecule has 0 aromatic rings. The standard InChI is InChI=1S/C14H24N2/c1-5-12-10-15-9-7-8-13(15)11-16(12)14(3,4)6-2/h2,12-13H,5,7-11H2,1,3-4H3. The van der Waals surface area contributed by atoms with Gasteiger partial charge in [0.15, 0.2) is 0 Å². The second kappa shape index (κ2) is 4.39. The van der Waals surface area contributed by atoms with Crippen molar-refractivity contribution in [1.29, 1.82) is 0 Å². The summed E-state index contributed by atoms with van der Waals surface area (Å²) in [7, 11) is 0. The zero-order valence-electron chi connectivity index (χ0n) is 10.9. The summed E-state index contributed by atoms with van der Waals surface area (Å²) < 4.78 is 0. The van der Waals surface area contributed by atoms with E-state index in [0.717, 1.165) is 12.6 Å². The minimum Gasteiger partial charge on any atom is -0.298 e. The molecular formula is C14H24N2. The number of piperazine rings is 1. The minimum absolute atomic E-state index is 0.0879. The fourth-order valence-corrected chi connectivity index (χ4v) is 3.20. The predicted molar refractivity (Wildman–Crippen MR) is 68.3 cm³/mol. The van der Waals surface area contributed by atoms with E-state index >= 15 is 0 Å². The maximum Gasteiger partial charge on any atom is 0.0769 e. The monoisotopic (exact) mass is 220 g/mol. The highest BCUT2D eigenvalue weighted by molar-refractivity contribution is 5.12. The largest absolute Gasteiger partial charge is 0.298 e. The van der Waals surface area contributed by atoms with Crippen molar-refractivity contribution >= 4 is 0 Å². The van der Waals surface area contributed by atoms with Gasteiger partial charge in [-0.1, -0.05) is 12.8 Å². The van der Waals surface area contributed by atoms with Gasteiger partial charge in [0.2, 0.25) is 0 Å². The first-order valence-corrected chi connectivity index (χ1v) is 6.57. The van der Waals surface area contributed by atoms with Gasteiger partial charge < -0.3 is 0 Å². The van der Waals surface area contributed by atoms with Gasteiger partial charge in [-0.05, 0) is 39.7 Å². The Kier molecular flexibility index (Phi) is 3.28. The first kappa shape index (κ1) is 12.0. The van der Waals surface area contributed by atoms with Gasteiger partial charge in [-0.25, -0.2) is 0 Å². The Bertz CT molecular complexity index is 290. The minimum atomic E-state index is -0.0879. The van der Waals surface area contributed by atoms with E-state index < -0.39 is 0 Å². The number of rotatable bonds is 2. The van der Waals surface area contributed by atoms with Gasteiger partial charge in [0.05, 0.1) is 5.54 Å². The van der Waals surface area contributed by atoms with Gasteiger partial charge in [-0.15, -0.1) is 6.42 Å². The molecule has 0 aromatic carbocycles. The van der Waals surface area contributed by atoms with Crippen LogP contribution in [0.25, 0.3) is 0 Å². The summed E-state index contributed by atoms with van der Waals surface area (Å²) in [6.45, 7) is 10.3. The maximum absolute atomic E-state index is 5.69. The van der Waals surface area contributed by atoms with Crippen LogP contribution in [0, 0.1) is 12.3 Å². The van der Waals surface area contributed by atoms with Crippen LogP contribution in [0.2, 0.25) is 0 Å². The summed E-state index contributed by atoms with van der Waals surface area (Å²) in [5, 5.41) is 0. The summed E-state index contributed by atoms with van der Waals surface area (Å²) >= 11 is 0.